The van der Waals surface area contributed by atoms with E-state index in [0.29, 0.717) is 5.95 Å². The Labute approximate surface area is 144 Å². The second kappa shape index (κ2) is 6.13. The molecular formula is C17H16ClN5O. The standard InChI is InChI=1S/C17H16ClN5O/c1-24-14-8-4-12(5-9-14)16-10-15(11-2-6-13(18)7-3-11)19-17-20-21-22-23(16)17/h2-9,15-16H,10H2,1H3,(H,19,20,22). The van der Waals surface area contributed by atoms with E-state index < -0.39 is 0 Å². The summed E-state index contributed by atoms with van der Waals surface area (Å²) in [5, 5.41) is 16.2. The Morgan fingerprint density at radius 3 is 2.50 bits per heavy atom. The van der Waals surface area contributed by atoms with Crippen LogP contribution in [0.15, 0.2) is 48.5 Å². The number of hydrogen-bond acceptors (Lipinski definition) is 5. The van der Waals surface area contributed by atoms with Crippen molar-refractivity contribution in [1.29, 1.82) is 0 Å². The lowest BCUT2D eigenvalue weighted by Crippen LogP contribution is -2.28. The van der Waals surface area contributed by atoms with Gasteiger partial charge in [0.2, 0.25) is 5.95 Å². The molecule has 4 rings (SSSR count). The normalized spacial score (nSPS) is 19.4. The van der Waals surface area contributed by atoms with E-state index >= 15 is 0 Å². The van der Waals surface area contributed by atoms with Crippen LogP contribution in [0.25, 0.3) is 0 Å². The van der Waals surface area contributed by atoms with E-state index in [1.54, 1.807) is 7.11 Å². The first kappa shape index (κ1) is 15.0. The fourth-order valence-electron chi connectivity index (χ4n) is 3.05. The van der Waals surface area contributed by atoms with Crippen molar-refractivity contribution in [1.82, 2.24) is 20.2 Å². The molecule has 2 atom stereocenters. The molecule has 0 saturated carbocycles. The number of benzene rings is 2. The Morgan fingerprint density at radius 1 is 1.08 bits per heavy atom. The van der Waals surface area contributed by atoms with Gasteiger partial charge in [0.15, 0.2) is 0 Å². The number of nitrogens with one attached hydrogen (secondary N) is 1. The summed E-state index contributed by atoms with van der Waals surface area (Å²) < 4.78 is 7.07. The number of nitrogens with zero attached hydrogens (tertiary/aromatic N) is 4. The molecule has 122 valence electrons. The molecule has 0 fully saturated rings. The van der Waals surface area contributed by atoms with Gasteiger partial charge in [-0.05, 0) is 52.2 Å². The second-order valence-electron chi connectivity index (χ2n) is 5.72. The highest BCUT2D eigenvalue weighted by Gasteiger charge is 2.30. The molecule has 6 nitrogen and oxygen atoms in total. The maximum atomic E-state index is 6.00. The lowest BCUT2D eigenvalue weighted by Gasteiger charge is -2.31. The first-order chi connectivity index (χ1) is 11.7. The maximum absolute atomic E-state index is 6.00. The highest BCUT2D eigenvalue weighted by atomic mass is 35.5. The minimum absolute atomic E-state index is 0.0582. The van der Waals surface area contributed by atoms with Crippen molar-refractivity contribution in [2.24, 2.45) is 0 Å². The number of fused-ring (bicyclic) bond motifs is 1. The van der Waals surface area contributed by atoms with Crippen LogP contribution in [0.4, 0.5) is 5.95 Å². The van der Waals surface area contributed by atoms with E-state index in [0.717, 1.165) is 28.3 Å². The van der Waals surface area contributed by atoms with Crippen molar-refractivity contribution in [2.45, 2.75) is 18.5 Å². The van der Waals surface area contributed by atoms with Crippen molar-refractivity contribution >= 4 is 17.5 Å². The SMILES string of the molecule is COc1ccc(C2CC(c3ccc(Cl)cc3)Nc3nnnn32)cc1. The van der Waals surface area contributed by atoms with Gasteiger partial charge >= 0.3 is 0 Å². The molecule has 1 N–H and O–H groups in total. The first-order valence-corrected chi connectivity index (χ1v) is 8.06. The van der Waals surface area contributed by atoms with Gasteiger partial charge in [-0.1, -0.05) is 41.0 Å². The summed E-state index contributed by atoms with van der Waals surface area (Å²) in [6.45, 7) is 0. The zero-order valence-corrected chi connectivity index (χ0v) is 13.8. The molecule has 24 heavy (non-hydrogen) atoms. The van der Waals surface area contributed by atoms with E-state index in [2.05, 4.69) is 33.0 Å². The van der Waals surface area contributed by atoms with Gasteiger partial charge in [0.05, 0.1) is 19.2 Å². The van der Waals surface area contributed by atoms with E-state index in [1.807, 2.05) is 41.1 Å². The molecule has 0 aliphatic carbocycles. The highest BCUT2D eigenvalue weighted by Crippen LogP contribution is 2.37. The number of tetrazole rings is 1. The third-order valence-corrected chi connectivity index (χ3v) is 4.58. The van der Waals surface area contributed by atoms with Crippen LogP contribution in [-0.4, -0.2) is 27.3 Å². The van der Waals surface area contributed by atoms with Gasteiger partial charge in [-0.3, -0.25) is 0 Å². The van der Waals surface area contributed by atoms with Gasteiger partial charge in [-0.25, -0.2) is 4.68 Å². The van der Waals surface area contributed by atoms with E-state index in [1.165, 1.54) is 0 Å². The largest absolute Gasteiger partial charge is 0.497 e. The quantitative estimate of drug-likeness (QED) is 0.790. The topological polar surface area (TPSA) is 64.9 Å². The summed E-state index contributed by atoms with van der Waals surface area (Å²) in [6.07, 6.45) is 0.839. The Hall–Kier alpha value is -2.60. The zero-order valence-electron chi connectivity index (χ0n) is 13.1. The molecule has 3 aromatic rings. The molecule has 0 bridgehead atoms. The molecule has 0 saturated heterocycles. The predicted molar refractivity (Wildman–Crippen MR) is 91.4 cm³/mol. The predicted octanol–water partition coefficient (Wildman–Crippen LogP) is 3.48. The van der Waals surface area contributed by atoms with E-state index in [-0.39, 0.29) is 12.1 Å². The minimum Gasteiger partial charge on any atom is -0.497 e. The summed E-state index contributed by atoms with van der Waals surface area (Å²) >= 11 is 6.00. The number of rotatable bonds is 3. The third-order valence-electron chi connectivity index (χ3n) is 4.32. The summed E-state index contributed by atoms with van der Waals surface area (Å²) in [4.78, 5) is 0. The smallest absolute Gasteiger partial charge is 0.243 e. The number of halogens is 1. The molecule has 7 heteroatoms. The maximum Gasteiger partial charge on any atom is 0.243 e. The van der Waals surface area contributed by atoms with Crippen LogP contribution in [0.5, 0.6) is 5.75 Å². The fraction of sp³-hybridized carbons (Fsp3) is 0.235. The number of aromatic nitrogens is 4. The molecule has 1 aliphatic rings. The molecule has 2 aromatic carbocycles. The molecule has 2 unspecified atom stereocenters. The Balaban J connectivity index is 1.69. The van der Waals surface area contributed by atoms with Gasteiger partial charge in [0.25, 0.3) is 0 Å². The van der Waals surface area contributed by atoms with Gasteiger partial charge < -0.3 is 10.1 Å². The van der Waals surface area contributed by atoms with Crippen LogP contribution < -0.4 is 10.1 Å². The third kappa shape index (κ3) is 2.69. The summed E-state index contributed by atoms with van der Waals surface area (Å²) in [5.41, 5.74) is 2.30. The monoisotopic (exact) mass is 341 g/mol. The van der Waals surface area contributed by atoms with E-state index in [4.69, 9.17) is 16.3 Å². The number of ether oxygens (including phenoxy) is 1. The molecule has 0 spiro atoms. The van der Waals surface area contributed by atoms with Crippen molar-refractivity contribution in [3.05, 3.63) is 64.7 Å². The van der Waals surface area contributed by atoms with Gasteiger partial charge in [0, 0.05) is 5.02 Å². The number of methoxy groups -OCH3 is 1. The fourth-order valence-corrected chi connectivity index (χ4v) is 3.18. The molecule has 1 aromatic heterocycles. The second-order valence-corrected chi connectivity index (χ2v) is 6.16. The Kier molecular flexibility index (Phi) is 3.82. The van der Waals surface area contributed by atoms with Crippen molar-refractivity contribution in [3.63, 3.8) is 0 Å². The van der Waals surface area contributed by atoms with Crippen LogP contribution in [0.2, 0.25) is 5.02 Å². The molecular weight excluding hydrogens is 326 g/mol. The minimum atomic E-state index is 0.0582. The van der Waals surface area contributed by atoms with Gasteiger partial charge in [0.1, 0.15) is 5.75 Å². The molecule has 0 amide bonds. The number of anilines is 1. The molecule has 0 radical (unpaired) electrons. The van der Waals surface area contributed by atoms with Crippen molar-refractivity contribution in [2.75, 3.05) is 12.4 Å². The summed E-state index contributed by atoms with van der Waals surface area (Å²) in [7, 11) is 1.66. The summed E-state index contributed by atoms with van der Waals surface area (Å²) in [5.74, 6) is 1.50. The highest BCUT2D eigenvalue weighted by molar-refractivity contribution is 6.30. The first-order valence-electron chi connectivity index (χ1n) is 7.68. The average molecular weight is 342 g/mol. The molecule has 1 aliphatic heterocycles. The van der Waals surface area contributed by atoms with Crippen LogP contribution >= 0.6 is 11.6 Å². The van der Waals surface area contributed by atoms with E-state index in [9.17, 15) is 0 Å². The Bertz CT molecular complexity index is 831. The number of hydrogen-bond donors (Lipinski definition) is 1. The lowest BCUT2D eigenvalue weighted by atomic mass is 9.93. The van der Waals surface area contributed by atoms with Crippen LogP contribution in [0.3, 0.4) is 0 Å². The van der Waals surface area contributed by atoms with Gasteiger partial charge in [-0.2, -0.15) is 0 Å². The van der Waals surface area contributed by atoms with Crippen molar-refractivity contribution in [3.8, 4) is 5.75 Å². The zero-order chi connectivity index (χ0) is 16.5. The van der Waals surface area contributed by atoms with Gasteiger partial charge in [-0.15, -0.1) is 0 Å². The van der Waals surface area contributed by atoms with Crippen LogP contribution in [-0.2, 0) is 0 Å². The molecule has 2 heterocycles. The van der Waals surface area contributed by atoms with Crippen molar-refractivity contribution < 1.29 is 4.74 Å². The van der Waals surface area contributed by atoms with Crippen LogP contribution in [0, 0.1) is 0 Å². The van der Waals surface area contributed by atoms with Crippen LogP contribution in [0.1, 0.15) is 29.6 Å². The average Bonchev–Trinajstić information content (AvgIpc) is 3.10. The summed E-state index contributed by atoms with van der Waals surface area (Å²) in [6, 6.07) is 16.1. The Morgan fingerprint density at radius 2 is 1.79 bits per heavy atom. The lowest BCUT2D eigenvalue weighted by molar-refractivity contribution is 0.410.